The van der Waals surface area contributed by atoms with Crippen LogP contribution < -0.4 is 4.74 Å². The first-order valence-corrected chi connectivity index (χ1v) is 10.2. The third-order valence-electron chi connectivity index (χ3n) is 4.74. The minimum atomic E-state index is -3.63. The van der Waals surface area contributed by atoms with Gasteiger partial charge in [0.05, 0.1) is 11.4 Å². The number of hydrogen-bond acceptors (Lipinski definition) is 5. The van der Waals surface area contributed by atoms with Crippen molar-refractivity contribution in [3.8, 4) is 5.75 Å². The Morgan fingerprint density at radius 3 is 2.30 bits per heavy atom. The van der Waals surface area contributed by atoms with E-state index in [9.17, 15) is 13.2 Å². The highest BCUT2D eigenvalue weighted by molar-refractivity contribution is 7.89. The van der Waals surface area contributed by atoms with E-state index in [-0.39, 0.29) is 30.5 Å². The van der Waals surface area contributed by atoms with E-state index >= 15 is 0 Å². The van der Waals surface area contributed by atoms with Gasteiger partial charge >= 0.3 is 0 Å². The van der Waals surface area contributed by atoms with Crippen molar-refractivity contribution in [2.75, 3.05) is 32.8 Å². The number of ether oxygens (including phenoxy) is 1. The van der Waals surface area contributed by atoms with Crippen LogP contribution in [0.25, 0.3) is 0 Å². The first-order valence-electron chi connectivity index (χ1n) is 8.76. The summed E-state index contributed by atoms with van der Waals surface area (Å²) < 4.78 is 34.4. The maximum Gasteiger partial charge on any atom is 0.260 e. The third kappa shape index (κ3) is 3.98. The molecule has 8 nitrogen and oxygen atoms in total. The molecule has 146 valence electrons. The van der Waals surface area contributed by atoms with Gasteiger partial charge in [0.15, 0.2) is 6.61 Å². The SMILES string of the molecule is Cc1nn(C)c(C)c1S(=O)(=O)N1CCN(C(=O)COc2ccccc2)CC1. The van der Waals surface area contributed by atoms with E-state index in [2.05, 4.69) is 5.10 Å². The van der Waals surface area contributed by atoms with Crippen molar-refractivity contribution in [3.05, 3.63) is 41.7 Å². The molecule has 0 unspecified atom stereocenters. The Bertz CT molecular complexity index is 916. The molecule has 2 aromatic rings. The molecule has 0 bridgehead atoms. The van der Waals surface area contributed by atoms with Crippen LogP contribution in [0.1, 0.15) is 11.4 Å². The number of benzene rings is 1. The second-order valence-electron chi connectivity index (χ2n) is 6.51. The molecular formula is C18H24N4O4S. The molecule has 0 saturated carbocycles. The van der Waals surface area contributed by atoms with Gasteiger partial charge < -0.3 is 9.64 Å². The van der Waals surface area contributed by atoms with Crippen molar-refractivity contribution >= 4 is 15.9 Å². The smallest absolute Gasteiger partial charge is 0.260 e. The first-order chi connectivity index (χ1) is 12.8. The van der Waals surface area contributed by atoms with E-state index in [1.807, 2.05) is 18.2 Å². The maximum atomic E-state index is 13.0. The van der Waals surface area contributed by atoms with Crippen molar-refractivity contribution in [1.82, 2.24) is 19.0 Å². The molecular weight excluding hydrogens is 368 g/mol. The van der Waals surface area contributed by atoms with E-state index in [0.29, 0.717) is 30.2 Å². The molecule has 0 aliphatic carbocycles. The molecule has 3 rings (SSSR count). The van der Waals surface area contributed by atoms with Crippen molar-refractivity contribution < 1.29 is 17.9 Å². The van der Waals surface area contributed by atoms with E-state index in [0.717, 1.165) is 0 Å². The summed E-state index contributed by atoms with van der Waals surface area (Å²) >= 11 is 0. The van der Waals surface area contributed by atoms with Gasteiger partial charge in [0.25, 0.3) is 5.91 Å². The number of carbonyl (C=O) groups is 1. The van der Waals surface area contributed by atoms with Crippen LogP contribution >= 0.6 is 0 Å². The lowest BCUT2D eigenvalue weighted by atomic mass is 10.3. The Hall–Kier alpha value is -2.39. The molecule has 27 heavy (non-hydrogen) atoms. The quantitative estimate of drug-likeness (QED) is 0.756. The van der Waals surface area contributed by atoms with Crippen molar-refractivity contribution in [1.29, 1.82) is 0 Å². The van der Waals surface area contributed by atoms with Gasteiger partial charge in [-0.25, -0.2) is 8.42 Å². The zero-order chi connectivity index (χ0) is 19.6. The number of rotatable bonds is 5. The van der Waals surface area contributed by atoms with Crippen molar-refractivity contribution in [2.24, 2.45) is 7.05 Å². The summed E-state index contributed by atoms with van der Waals surface area (Å²) in [4.78, 5) is 14.2. The normalized spacial score (nSPS) is 15.7. The Balaban J connectivity index is 1.60. The van der Waals surface area contributed by atoms with Gasteiger partial charge in [0.1, 0.15) is 10.6 Å². The maximum absolute atomic E-state index is 13.0. The van der Waals surface area contributed by atoms with Crippen LogP contribution in [-0.4, -0.2) is 66.1 Å². The fourth-order valence-electron chi connectivity index (χ4n) is 3.19. The summed E-state index contributed by atoms with van der Waals surface area (Å²) in [6.45, 7) is 4.58. The highest BCUT2D eigenvalue weighted by Gasteiger charge is 2.33. The summed E-state index contributed by atoms with van der Waals surface area (Å²) in [5, 5.41) is 4.20. The van der Waals surface area contributed by atoms with Crippen LogP contribution in [0.2, 0.25) is 0 Å². The lowest BCUT2D eigenvalue weighted by Gasteiger charge is -2.34. The van der Waals surface area contributed by atoms with Crippen LogP contribution in [0.4, 0.5) is 0 Å². The van der Waals surface area contributed by atoms with Gasteiger partial charge in [-0.1, -0.05) is 18.2 Å². The molecule has 1 amide bonds. The van der Waals surface area contributed by atoms with Gasteiger partial charge in [-0.15, -0.1) is 0 Å². The van der Waals surface area contributed by atoms with Crippen molar-refractivity contribution in [2.45, 2.75) is 18.7 Å². The van der Waals surface area contributed by atoms with Gasteiger partial charge in [-0.2, -0.15) is 9.40 Å². The minimum Gasteiger partial charge on any atom is -0.484 e. The highest BCUT2D eigenvalue weighted by Crippen LogP contribution is 2.24. The van der Waals surface area contributed by atoms with E-state index < -0.39 is 10.0 Å². The average Bonchev–Trinajstić information content (AvgIpc) is 2.93. The predicted octanol–water partition coefficient (Wildman–Crippen LogP) is 0.949. The average molecular weight is 392 g/mol. The lowest BCUT2D eigenvalue weighted by molar-refractivity contribution is -0.134. The molecule has 1 aliphatic rings. The van der Waals surface area contributed by atoms with E-state index in [1.165, 1.54) is 4.31 Å². The largest absolute Gasteiger partial charge is 0.484 e. The molecule has 1 aliphatic heterocycles. The zero-order valence-corrected chi connectivity index (χ0v) is 16.6. The lowest BCUT2D eigenvalue weighted by Crippen LogP contribution is -2.51. The minimum absolute atomic E-state index is 0.0580. The fraction of sp³-hybridized carbons (Fsp3) is 0.444. The van der Waals surface area contributed by atoms with Crippen LogP contribution in [0.3, 0.4) is 0 Å². The number of nitrogens with zero attached hydrogens (tertiary/aromatic N) is 4. The fourth-order valence-corrected chi connectivity index (χ4v) is 5.01. The molecule has 1 fully saturated rings. The first kappa shape index (κ1) is 19.4. The number of para-hydroxylation sites is 1. The monoisotopic (exact) mass is 392 g/mol. The number of aryl methyl sites for hydroxylation is 2. The second kappa shape index (κ2) is 7.69. The molecule has 2 heterocycles. The van der Waals surface area contributed by atoms with Crippen molar-refractivity contribution in [3.63, 3.8) is 0 Å². The summed E-state index contributed by atoms with van der Waals surface area (Å²) in [5.41, 5.74) is 1.10. The highest BCUT2D eigenvalue weighted by atomic mass is 32.2. The van der Waals surface area contributed by atoms with Crippen LogP contribution in [0, 0.1) is 13.8 Å². The summed E-state index contributed by atoms with van der Waals surface area (Å²) in [6, 6.07) is 9.13. The Labute approximate surface area is 159 Å². The molecule has 0 N–H and O–H groups in total. The molecule has 1 saturated heterocycles. The molecule has 1 aromatic carbocycles. The molecule has 0 atom stereocenters. The van der Waals surface area contributed by atoms with Gasteiger partial charge in [0, 0.05) is 33.2 Å². The Morgan fingerprint density at radius 1 is 1.11 bits per heavy atom. The molecule has 9 heteroatoms. The zero-order valence-electron chi connectivity index (χ0n) is 15.8. The standard InChI is InChI=1S/C18H24N4O4S/c1-14-18(15(2)20(3)19-14)27(24,25)22-11-9-21(10-12-22)17(23)13-26-16-7-5-4-6-8-16/h4-8H,9-13H2,1-3H3. The van der Waals surface area contributed by atoms with Crippen LogP contribution in [0.15, 0.2) is 35.2 Å². The number of amides is 1. The molecule has 1 aromatic heterocycles. The van der Waals surface area contributed by atoms with Crippen LogP contribution in [-0.2, 0) is 21.9 Å². The second-order valence-corrected chi connectivity index (χ2v) is 8.38. The number of piperazine rings is 1. The van der Waals surface area contributed by atoms with E-state index in [1.54, 1.807) is 42.6 Å². The van der Waals surface area contributed by atoms with E-state index in [4.69, 9.17) is 4.74 Å². The summed E-state index contributed by atoms with van der Waals surface area (Å²) in [6.07, 6.45) is 0. The predicted molar refractivity (Wildman–Crippen MR) is 100.0 cm³/mol. The summed E-state index contributed by atoms with van der Waals surface area (Å²) in [7, 11) is -1.90. The third-order valence-corrected chi connectivity index (χ3v) is 6.89. The number of hydrogen-bond donors (Lipinski definition) is 0. The Kier molecular flexibility index (Phi) is 5.52. The molecule has 0 radical (unpaired) electrons. The van der Waals surface area contributed by atoms with Gasteiger partial charge in [0.2, 0.25) is 10.0 Å². The summed E-state index contributed by atoms with van der Waals surface area (Å²) in [5.74, 6) is 0.485. The topological polar surface area (TPSA) is 84.7 Å². The van der Waals surface area contributed by atoms with Crippen LogP contribution in [0.5, 0.6) is 5.75 Å². The number of sulfonamides is 1. The van der Waals surface area contributed by atoms with Gasteiger partial charge in [-0.05, 0) is 26.0 Å². The van der Waals surface area contributed by atoms with Gasteiger partial charge in [-0.3, -0.25) is 9.48 Å². The Morgan fingerprint density at radius 2 is 1.74 bits per heavy atom. The molecule has 0 spiro atoms. The number of carbonyl (C=O) groups excluding carboxylic acids is 1. The number of aromatic nitrogens is 2.